The first-order valence-corrected chi connectivity index (χ1v) is 11.4. The summed E-state index contributed by atoms with van der Waals surface area (Å²) >= 11 is 0. The molecule has 1 saturated heterocycles. The Kier molecular flexibility index (Phi) is 7.94. The standard InChI is InChI=1S/C21H25F2N3O4S/c22-17-2-6-19(7-3-17)30-15-10-24-21(27)16-25-11-1-12-26(14-13-25)31(28,29)20-8-4-18(23)5-9-20/h2-9H,1,10-16H2,(H,24,27). The van der Waals surface area contributed by atoms with Gasteiger partial charge in [0.2, 0.25) is 15.9 Å². The van der Waals surface area contributed by atoms with Gasteiger partial charge in [0.1, 0.15) is 24.0 Å². The smallest absolute Gasteiger partial charge is 0.243 e. The molecule has 1 aliphatic rings. The summed E-state index contributed by atoms with van der Waals surface area (Å²) in [6, 6.07) is 10.4. The van der Waals surface area contributed by atoms with E-state index >= 15 is 0 Å². The van der Waals surface area contributed by atoms with Crippen molar-refractivity contribution in [1.82, 2.24) is 14.5 Å². The number of halogens is 2. The Hall–Kier alpha value is -2.56. The second kappa shape index (κ2) is 10.7. The zero-order valence-electron chi connectivity index (χ0n) is 17.0. The first-order valence-electron chi connectivity index (χ1n) is 9.98. The Morgan fingerprint density at radius 1 is 0.935 bits per heavy atom. The lowest BCUT2D eigenvalue weighted by Crippen LogP contribution is -2.41. The van der Waals surface area contributed by atoms with Crippen LogP contribution in [0.25, 0.3) is 0 Å². The van der Waals surface area contributed by atoms with E-state index in [1.165, 1.54) is 40.7 Å². The normalized spacial score (nSPS) is 15.9. The largest absolute Gasteiger partial charge is 0.492 e. The van der Waals surface area contributed by atoms with Gasteiger partial charge in [-0.05, 0) is 61.5 Å². The van der Waals surface area contributed by atoms with Crippen molar-refractivity contribution >= 4 is 15.9 Å². The first-order chi connectivity index (χ1) is 14.8. The molecule has 2 aromatic carbocycles. The van der Waals surface area contributed by atoms with Crippen LogP contribution in [0.3, 0.4) is 0 Å². The third-order valence-electron chi connectivity index (χ3n) is 4.87. The van der Waals surface area contributed by atoms with Gasteiger partial charge in [0.05, 0.1) is 18.0 Å². The van der Waals surface area contributed by atoms with Crippen molar-refractivity contribution < 1.29 is 26.7 Å². The fourth-order valence-corrected chi connectivity index (χ4v) is 4.72. The van der Waals surface area contributed by atoms with Gasteiger partial charge in [-0.2, -0.15) is 4.31 Å². The number of amides is 1. The van der Waals surface area contributed by atoms with E-state index in [-0.39, 0.29) is 36.3 Å². The molecule has 0 saturated carbocycles. The molecule has 1 N–H and O–H groups in total. The van der Waals surface area contributed by atoms with E-state index in [4.69, 9.17) is 4.74 Å². The number of sulfonamides is 1. The quantitative estimate of drug-likeness (QED) is 0.618. The number of hydrogen-bond donors (Lipinski definition) is 1. The van der Waals surface area contributed by atoms with Gasteiger partial charge in [0, 0.05) is 19.6 Å². The van der Waals surface area contributed by atoms with E-state index in [0.717, 1.165) is 12.1 Å². The summed E-state index contributed by atoms with van der Waals surface area (Å²) in [5, 5.41) is 2.76. The molecule has 3 rings (SSSR count). The van der Waals surface area contributed by atoms with E-state index < -0.39 is 15.8 Å². The minimum atomic E-state index is -3.70. The molecule has 31 heavy (non-hydrogen) atoms. The molecule has 1 fully saturated rings. The third-order valence-corrected chi connectivity index (χ3v) is 6.79. The van der Waals surface area contributed by atoms with Crippen LogP contribution in [0.1, 0.15) is 6.42 Å². The van der Waals surface area contributed by atoms with Gasteiger partial charge >= 0.3 is 0 Å². The average molecular weight is 454 g/mol. The second-order valence-corrected chi connectivity index (χ2v) is 9.08. The lowest BCUT2D eigenvalue weighted by molar-refractivity contribution is -0.122. The molecule has 0 radical (unpaired) electrons. The van der Waals surface area contributed by atoms with Crippen molar-refractivity contribution in [2.45, 2.75) is 11.3 Å². The van der Waals surface area contributed by atoms with Gasteiger partial charge in [0.25, 0.3) is 0 Å². The highest BCUT2D eigenvalue weighted by Gasteiger charge is 2.27. The van der Waals surface area contributed by atoms with Crippen molar-refractivity contribution in [3.8, 4) is 5.75 Å². The number of carbonyl (C=O) groups is 1. The Morgan fingerprint density at radius 3 is 2.26 bits per heavy atom. The number of nitrogens with zero attached hydrogens (tertiary/aromatic N) is 2. The van der Waals surface area contributed by atoms with Crippen LogP contribution in [-0.4, -0.2) is 69.4 Å². The zero-order valence-corrected chi connectivity index (χ0v) is 17.8. The molecule has 1 heterocycles. The van der Waals surface area contributed by atoms with E-state index in [1.807, 2.05) is 4.90 Å². The number of nitrogens with one attached hydrogen (secondary N) is 1. The van der Waals surface area contributed by atoms with E-state index in [9.17, 15) is 22.0 Å². The maximum absolute atomic E-state index is 13.1. The highest BCUT2D eigenvalue weighted by Crippen LogP contribution is 2.18. The molecule has 0 aromatic heterocycles. The van der Waals surface area contributed by atoms with Gasteiger partial charge in [-0.1, -0.05) is 0 Å². The van der Waals surface area contributed by atoms with Gasteiger partial charge < -0.3 is 10.1 Å². The summed E-state index contributed by atoms with van der Waals surface area (Å²) in [7, 11) is -3.70. The first kappa shape index (κ1) is 23.1. The molecule has 0 atom stereocenters. The molecule has 0 spiro atoms. The number of benzene rings is 2. The second-order valence-electron chi connectivity index (χ2n) is 7.14. The van der Waals surface area contributed by atoms with Crippen molar-refractivity contribution in [2.75, 3.05) is 45.9 Å². The maximum atomic E-state index is 13.1. The van der Waals surface area contributed by atoms with Crippen molar-refractivity contribution in [2.24, 2.45) is 0 Å². The van der Waals surface area contributed by atoms with Crippen LogP contribution in [0.2, 0.25) is 0 Å². The molecule has 1 amide bonds. The Morgan fingerprint density at radius 2 is 1.58 bits per heavy atom. The van der Waals surface area contributed by atoms with Gasteiger partial charge in [-0.25, -0.2) is 17.2 Å². The van der Waals surface area contributed by atoms with Gasteiger partial charge in [-0.3, -0.25) is 9.69 Å². The van der Waals surface area contributed by atoms with Gasteiger partial charge in [0.15, 0.2) is 0 Å². The lowest BCUT2D eigenvalue weighted by atomic mass is 10.3. The molecule has 7 nitrogen and oxygen atoms in total. The van der Waals surface area contributed by atoms with Crippen LogP contribution in [-0.2, 0) is 14.8 Å². The summed E-state index contributed by atoms with van der Waals surface area (Å²) in [4.78, 5) is 14.1. The molecule has 0 aliphatic carbocycles. The predicted molar refractivity (Wildman–Crippen MR) is 111 cm³/mol. The molecule has 2 aromatic rings. The molecular formula is C21H25F2N3O4S. The van der Waals surface area contributed by atoms with Crippen LogP contribution in [0.4, 0.5) is 8.78 Å². The minimum Gasteiger partial charge on any atom is -0.492 e. The predicted octanol–water partition coefficient (Wildman–Crippen LogP) is 1.86. The monoisotopic (exact) mass is 453 g/mol. The van der Waals surface area contributed by atoms with Crippen LogP contribution in [0.15, 0.2) is 53.4 Å². The van der Waals surface area contributed by atoms with Gasteiger partial charge in [-0.15, -0.1) is 0 Å². The summed E-state index contributed by atoms with van der Waals surface area (Å²) in [5.41, 5.74) is 0. The lowest BCUT2D eigenvalue weighted by Gasteiger charge is -2.21. The molecular weight excluding hydrogens is 428 g/mol. The molecule has 10 heteroatoms. The Balaban J connectivity index is 1.42. The number of ether oxygens (including phenoxy) is 1. The Bertz CT molecular complexity index is 969. The highest BCUT2D eigenvalue weighted by molar-refractivity contribution is 7.89. The van der Waals surface area contributed by atoms with Crippen LogP contribution in [0.5, 0.6) is 5.75 Å². The van der Waals surface area contributed by atoms with Crippen molar-refractivity contribution in [3.05, 3.63) is 60.2 Å². The number of rotatable bonds is 8. The fraction of sp³-hybridized carbons (Fsp3) is 0.381. The van der Waals surface area contributed by atoms with E-state index in [0.29, 0.717) is 38.3 Å². The summed E-state index contributed by atoms with van der Waals surface area (Å²) in [5.74, 6) is -0.500. The van der Waals surface area contributed by atoms with E-state index in [2.05, 4.69) is 5.32 Å². The van der Waals surface area contributed by atoms with Crippen LogP contribution in [0, 0.1) is 11.6 Å². The minimum absolute atomic E-state index is 0.0567. The SMILES string of the molecule is O=C(CN1CCCN(S(=O)(=O)c2ccc(F)cc2)CC1)NCCOc1ccc(F)cc1. The topological polar surface area (TPSA) is 79.0 Å². The summed E-state index contributed by atoms with van der Waals surface area (Å²) < 4.78 is 58.3. The van der Waals surface area contributed by atoms with E-state index in [1.54, 1.807) is 0 Å². The summed E-state index contributed by atoms with van der Waals surface area (Å²) in [6.07, 6.45) is 0.585. The van der Waals surface area contributed by atoms with Crippen molar-refractivity contribution in [1.29, 1.82) is 0 Å². The van der Waals surface area contributed by atoms with Crippen LogP contribution >= 0.6 is 0 Å². The molecule has 168 valence electrons. The maximum Gasteiger partial charge on any atom is 0.243 e. The highest BCUT2D eigenvalue weighted by atomic mass is 32.2. The molecule has 1 aliphatic heterocycles. The zero-order chi connectivity index (χ0) is 22.3. The number of carbonyl (C=O) groups excluding carboxylic acids is 1. The number of hydrogen-bond acceptors (Lipinski definition) is 5. The fourth-order valence-electron chi connectivity index (χ4n) is 3.25. The van der Waals surface area contributed by atoms with Crippen molar-refractivity contribution in [3.63, 3.8) is 0 Å². The molecule has 0 unspecified atom stereocenters. The molecule has 0 bridgehead atoms. The average Bonchev–Trinajstić information content (AvgIpc) is 2.99. The third kappa shape index (κ3) is 6.71. The Labute approximate surface area is 180 Å². The van der Waals surface area contributed by atoms with Crippen LogP contribution < -0.4 is 10.1 Å². The summed E-state index contributed by atoms with van der Waals surface area (Å²) in [6.45, 7) is 2.30.